The number of pyridine rings is 1. The van der Waals surface area contributed by atoms with Gasteiger partial charge in [0.25, 0.3) is 11.8 Å². The van der Waals surface area contributed by atoms with Gasteiger partial charge in [-0.1, -0.05) is 17.7 Å². The maximum Gasteiger partial charge on any atom is 0.257 e. The fourth-order valence-electron chi connectivity index (χ4n) is 3.14. The van der Waals surface area contributed by atoms with E-state index in [2.05, 4.69) is 20.9 Å². The molecule has 0 saturated carbocycles. The molecule has 0 atom stereocenters. The predicted molar refractivity (Wildman–Crippen MR) is 130 cm³/mol. The first-order valence-electron chi connectivity index (χ1n) is 10.6. The van der Waals surface area contributed by atoms with Crippen LogP contribution in [-0.4, -0.2) is 37.0 Å². The zero-order chi connectivity index (χ0) is 24.3. The molecule has 8 nitrogen and oxygen atoms in total. The van der Waals surface area contributed by atoms with Crippen molar-refractivity contribution in [1.29, 1.82) is 5.26 Å². The van der Waals surface area contributed by atoms with E-state index in [9.17, 15) is 9.59 Å². The molecule has 34 heavy (non-hydrogen) atoms. The van der Waals surface area contributed by atoms with Crippen LogP contribution in [0.15, 0.2) is 60.9 Å². The second kappa shape index (κ2) is 12.2. The molecule has 3 aromatic rings. The Balaban J connectivity index is 1.69. The van der Waals surface area contributed by atoms with Crippen molar-refractivity contribution in [2.75, 3.05) is 25.5 Å². The number of carbonyl (C=O) groups is 2. The number of carbonyl (C=O) groups excluding carboxylic acids is 2. The number of aromatic nitrogens is 1. The van der Waals surface area contributed by atoms with Gasteiger partial charge >= 0.3 is 0 Å². The van der Waals surface area contributed by atoms with Crippen LogP contribution < -0.4 is 20.7 Å². The number of nitrogens with one attached hydrogen (secondary N) is 3. The van der Waals surface area contributed by atoms with Crippen LogP contribution in [0.5, 0.6) is 5.75 Å². The van der Waals surface area contributed by atoms with Crippen molar-refractivity contribution in [2.45, 2.75) is 13.0 Å². The number of nitrogens with zero attached hydrogens (tertiary/aromatic N) is 2. The van der Waals surface area contributed by atoms with Gasteiger partial charge in [-0.15, -0.1) is 0 Å². The Hall–Kier alpha value is -4.09. The normalized spacial score (nSPS) is 10.1. The maximum atomic E-state index is 13.0. The van der Waals surface area contributed by atoms with Crippen molar-refractivity contribution in [3.8, 4) is 11.8 Å². The standard InChI is InChI=1S/C25H24ClN5O3/c1-28-24(32)16-34-23-12-18(14-27)2-3-19(23)15-31-25(33)21-13-20(26)4-5-22(21)30-11-8-17-6-9-29-10-7-17/h2-7,9-10,12-13,30H,8,11,15-16H2,1H3,(H,28,32)(H,31,33). The number of halogens is 1. The third-order valence-electron chi connectivity index (χ3n) is 4.98. The van der Waals surface area contributed by atoms with Crippen LogP contribution in [0, 0.1) is 11.3 Å². The van der Waals surface area contributed by atoms with E-state index >= 15 is 0 Å². The predicted octanol–water partition coefficient (Wildman–Crippen LogP) is 3.32. The van der Waals surface area contributed by atoms with Gasteiger partial charge in [-0.25, -0.2) is 0 Å². The molecule has 2 aromatic carbocycles. The molecule has 0 bridgehead atoms. The molecule has 0 spiro atoms. The van der Waals surface area contributed by atoms with E-state index in [0.29, 0.717) is 39.7 Å². The molecule has 0 aliphatic rings. The summed E-state index contributed by atoms with van der Waals surface area (Å²) in [6.07, 6.45) is 4.25. The van der Waals surface area contributed by atoms with Gasteiger partial charge in [-0.05, 0) is 54.4 Å². The molecule has 3 N–H and O–H groups in total. The molecule has 9 heteroatoms. The lowest BCUT2D eigenvalue weighted by Gasteiger charge is -2.15. The number of benzene rings is 2. The van der Waals surface area contributed by atoms with Gasteiger partial charge in [-0.3, -0.25) is 14.6 Å². The first-order valence-corrected chi connectivity index (χ1v) is 10.9. The number of likely N-dealkylation sites (N-methyl/N-ethyl adjacent to an activating group) is 1. The molecule has 1 heterocycles. The summed E-state index contributed by atoms with van der Waals surface area (Å²) in [5, 5.41) is 18.2. The van der Waals surface area contributed by atoms with Crippen LogP contribution in [0.2, 0.25) is 5.02 Å². The third kappa shape index (κ3) is 6.95. The van der Waals surface area contributed by atoms with Crippen LogP contribution in [0.25, 0.3) is 0 Å². The Morgan fingerprint density at radius 3 is 2.65 bits per heavy atom. The molecule has 0 unspecified atom stereocenters. The molecule has 0 radical (unpaired) electrons. The fraction of sp³-hybridized carbons (Fsp3) is 0.200. The molecule has 0 fully saturated rings. The van der Waals surface area contributed by atoms with E-state index < -0.39 is 0 Å². The highest BCUT2D eigenvalue weighted by Gasteiger charge is 2.14. The molecule has 1 aromatic heterocycles. The van der Waals surface area contributed by atoms with Crippen LogP contribution in [-0.2, 0) is 17.8 Å². The average Bonchev–Trinajstić information content (AvgIpc) is 2.87. The van der Waals surface area contributed by atoms with Gasteiger partial charge < -0.3 is 20.7 Å². The van der Waals surface area contributed by atoms with Crippen LogP contribution in [0.1, 0.15) is 27.0 Å². The molecular weight excluding hydrogens is 454 g/mol. The number of anilines is 1. The molecule has 0 saturated heterocycles. The van der Waals surface area contributed by atoms with Crippen molar-refractivity contribution in [1.82, 2.24) is 15.6 Å². The van der Waals surface area contributed by atoms with E-state index in [1.54, 1.807) is 42.7 Å². The molecule has 2 amide bonds. The van der Waals surface area contributed by atoms with Gasteiger partial charge in [0, 0.05) is 48.8 Å². The Labute approximate surface area is 202 Å². The number of hydrogen-bond acceptors (Lipinski definition) is 6. The van der Waals surface area contributed by atoms with Gasteiger partial charge in [0.1, 0.15) is 5.75 Å². The molecular formula is C25H24ClN5O3. The quantitative estimate of drug-likeness (QED) is 0.412. The van der Waals surface area contributed by atoms with E-state index in [4.69, 9.17) is 21.6 Å². The molecule has 0 aliphatic carbocycles. The second-order valence-corrected chi connectivity index (χ2v) is 7.74. The SMILES string of the molecule is CNC(=O)COc1cc(C#N)ccc1CNC(=O)c1cc(Cl)ccc1NCCc1ccncc1. The zero-order valence-corrected chi connectivity index (χ0v) is 19.4. The topological polar surface area (TPSA) is 116 Å². The highest BCUT2D eigenvalue weighted by molar-refractivity contribution is 6.31. The first kappa shape index (κ1) is 24.6. The molecule has 3 rings (SSSR count). The summed E-state index contributed by atoms with van der Waals surface area (Å²) in [6, 6.07) is 15.9. The van der Waals surface area contributed by atoms with Gasteiger partial charge in [0.2, 0.25) is 0 Å². The number of amides is 2. The summed E-state index contributed by atoms with van der Waals surface area (Å²) in [7, 11) is 1.51. The van der Waals surface area contributed by atoms with E-state index in [1.165, 1.54) is 13.1 Å². The Kier molecular flexibility index (Phi) is 8.83. The highest BCUT2D eigenvalue weighted by atomic mass is 35.5. The lowest BCUT2D eigenvalue weighted by Crippen LogP contribution is -2.26. The summed E-state index contributed by atoms with van der Waals surface area (Å²) >= 11 is 6.15. The lowest BCUT2D eigenvalue weighted by molar-refractivity contribution is -0.122. The largest absolute Gasteiger partial charge is 0.483 e. The third-order valence-corrected chi connectivity index (χ3v) is 5.21. The fourth-order valence-corrected chi connectivity index (χ4v) is 3.31. The number of rotatable bonds is 10. The van der Waals surface area contributed by atoms with Crippen LogP contribution >= 0.6 is 11.6 Å². The minimum absolute atomic E-state index is 0.136. The minimum Gasteiger partial charge on any atom is -0.483 e. The summed E-state index contributed by atoms with van der Waals surface area (Å²) in [5.74, 6) is -0.279. The van der Waals surface area contributed by atoms with Crippen molar-refractivity contribution in [3.05, 3.63) is 88.2 Å². The summed E-state index contributed by atoms with van der Waals surface area (Å²) in [4.78, 5) is 28.6. The summed E-state index contributed by atoms with van der Waals surface area (Å²) in [5.41, 5.74) is 3.21. The highest BCUT2D eigenvalue weighted by Crippen LogP contribution is 2.23. The minimum atomic E-state index is -0.324. The van der Waals surface area contributed by atoms with E-state index in [-0.39, 0.29) is 25.0 Å². The van der Waals surface area contributed by atoms with Crippen LogP contribution in [0.4, 0.5) is 5.69 Å². The van der Waals surface area contributed by atoms with Crippen molar-refractivity contribution in [3.63, 3.8) is 0 Å². The molecule has 174 valence electrons. The van der Waals surface area contributed by atoms with Crippen LogP contribution in [0.3, 0.4) is 0 Å². The van der Waals surface area contributed by atoms with Crippen molar-refractivity contribution in [2.24, 2.45) is 0 Å². The smallest absolute Gasteiger partial charge is 0.257 e. The summed E-state index contributed by atoms with van der Waals surface area (Å²) < 4.78 is 5.56. The second-order valence-electron chi connectivity index (χ2n) is 7.30. The Bertz CT molecular complexity index is 1190. The molecule has 0 aliphatic heterocycles. The zero-order valence-electron chi connectivity index (χ0n) is 18.6. The Morgan fingerprint density at radius 1 is 1.12 bits per heavy atom. The number of nitriles is 1. The van der Waals surface area contributed by atoms with Gasteiger partial charge in [-0.2, -0.15) is 5.26 Å². The van der Waals surface area contributed by atoms with E-state index in [0.717, 1.165) is 12.0 Å². The maximum absolute atomic E-state index is 13.0. The van der Waals surface area contributed by atoms with Gasteiger partial charge in [0.05, 0.1) is 17.2 Å². The monoisotopic (exact) mass is 477 g/mol. The summed E-state index contributed by atoms with van der Waals surface area (Å²) in [6.45, 7) is 0.557. The average molecular weight is 478 g/mol. The lowest BCUT2D eigenvalue weighted by atomic mass is 10.1. The van der Waals surface area contributed by atoms with Crippen molar-refractivity contribution >= 4 is 29.1 Å². The van der Waals surface area contributed by atoms with Gasteiger partial charge in [0.15, 0.2) is 6.61 Å². The number of hydrogen-bond donors (Lipinski definition) is 3. The van der Waals surface area contributed by atoms with E-state index in [1.807, 2.05) is 18.2 Å². The van der Waals surface area contributed by atoms with Crippen molar-refractivity contribution < 1.29 is 14.3 Å². The first-order chi connectivity index (χ1) is 16.5. The number of ether oxygens (including phenoxy) is 1. The Morgan fingerprint density at radius 2 is 1.91 bits per heavy atom.